The van der Waals surface area contributed by atoms with Gasteiger partial charge >= 0.3 is 0 Å². The maximum atomic E-state index is 3.47. The molecule has 1 aromatic carbocycles. The Labute approximate surface area is 92.1 Å². The van der Waals surface area contributed by atoms with Crippen LogP contribution in [0.3, 0.4) is 0 Å². The number of fused-ring (bicyclic) bond motifs is 1. The predicted molar refractivity (Wildman–Crippen MR) is 65.3 cm³/mol. The molecule has 1 aliphatic heterocycles. The Morgan fingerprint density at radius 1 is 1.40 bits per heavy atom. The van der Waals surface area contributed by atoms with Crippen molar-refractivity contribution in [2.24, 2.45) is 0 Å². The van der Waals surface area contributed by atoms with Crippen molar-refractivity contribution in [2.45, 2.75) is 32.7 Å². The Bertz CT molecular complexity index is 320. The lowest BCUT2D eigenvalue weighted by Crippen LogP contribution is -2.14. The van der Waals surface area contributed by atoms with Gasteiger partial charge in [-0.05, 0) is 36.6 Å². The first kappa shape index (κ1) is 10.5. The second-order valence-corrected chi connectivity index (χ2v) is 4.20. The Morgan fingerprint density at radius 2 is 2.33 bits per heavy atom. The number of unbranched alkanes of at least 4 members (excludes halogenated alkanes) is 1. The average molecular weight is 204 g/mol. The van der Waals surface area contributed by atoms with Crippen LogP contribution < -0.4 is 10.6 Å². The molecule has 2 rings (SSSR count). The zero-order chi connectivity index (χ0) is 10.5. The topological polar surface area (TPSA) is 24.1 Å². The average Bonchev–Trinajstić information content (AvgIpc) is 2.71. The minimum absolute atomic E-state index is 0.995. The van der Waals surface area contributed by atoms with Gasteiger partial charge in [-0.25, -0.2) is 0 Å². The van der Waals surface area contributed by atoms with Gasteiger partial charge in [0.25, 0.3) is 0 Å². The maximum absolute atomic E-state index is 3.47. The van der Waals surface area contributed by atoms with Gasteiger partial charge in [0.15, 0.2) is 0 Å². The van der Waals surface area contributed by atoms with Crippen LogP contribution in [-0.2, 0) is 13.0 Å². The summed E-state index contributed by atoms with van der Waals surface area (Å²) in [6.45, 7) is 5.44. The summed E-state index contributed by atoms with van der Waals surface area (Å²) >= 11 is 0. The molecule has 0 radical (unpaired) electrons. The van der Waals surface area contributed by atoms with Crippen molar-refractivity contribution >= 4 is 5.69 Å². The van der Waals surface area contributed by atoms with E-state index in [0.29, 0.717) is 0 Å². The maximum Gasteiger partial charge on any atom is 0.0376 e. The summed E-state index contributed by atoms with van der Waals surface area (Å²) < 4.78 is 0. The van der Waals surface area contributed by atoms with Crippen molar-refractivity contribution in [1.82, 2.24) is 5.32 Å². The zero-order valence-corrected chi connectivity index (χ0v) is 9.47. The summed E-state index contributed by atoms with van der Waals surface area (Å²) in [4.78, 5) is 0. The normalized spacial score (nSPS) is 13.7. The molecule has 2 heteroatoms. The summed E-state index contributed by atoms with van der Waals surface area (Å²) in [5, 5.41) is 6.88. The van der Waals surface area contributed by atoms with Crippen LogP contribution in [0.25, 0.3) is 0 Å². The number of anilines is 1. The Morgan fingerprint density at radius 3 is 3.20 bits per heavy atom. The van der Waals surface area contributed by atoms with E-state index in [1.165, 1.54) is 36.1 Å². The van der Waals surface area contributed by atoms with E-state index in [2.05, 4.69) is 35.8 Å². The molecule has 82 valence electrons. The van der Waals surface area contributed by atoms with Crippen molar-refractivity contribution in [1.29, 1.82) is 0 Å². The molecule has 0 saturated heterocycles. The minimum Gasteiger partial charge on any atom is -0.384 e. The quantitative estimate of drug-likeness (QED) is 0.720. The second kappa shape index (κ2) is 5.17. The molecule has 15 heavy (non-hydrogen) atoms. The molecular formula is C13H20N2. The molecule has 0 aromatic heterocycles. The molecule has 0 atom stereocenters. The fourth-order valence-corrected chi connectivity index (χ4v) is 1.98. The highest BCUT2D eigenvalue weighted by Gasteiger charge is 2.09. The van der Waals surface area contributed by atoms with Crippen molar-refractivity contribution in [2.75, 3.05) is 18.4 Å². The molecule has 0 unspecified atom stereocenters. The summed E-state index contributed by atoms with van der Waals surface area (Å²) in [7, 11) is 0. The number of hydrogen-bond acceptors (Lipinski definition) is 2. The van der Waals surface area contributed by atoms with Crippen LogP contribution in [0.2, 0.25) is 0 Å². The van der Waals surface area contributed by atoms with Gasteiger partial charge < -0.3 is 10.6 Å². The summed E-state index contributed by atoms with van der Waals surface area (Å²) in [6, 6.07) is 6.78. The van der Waals surface area contributed by atoms with Crippen LogP contribution in [-0.4, -0.2) is 13.1 Å². The van der Waals surface area contributed by atoms with Crippen molar-refractivity contribution < 1.29 is 0 Å². The molecule has 0 bridgehead atoms. The molecule has 0 saturated carbocycles. The van der Waals surface area contributed by atoms with Gasteiger partial charge in [0, 0.05) is 18.8 Å². The largest absolute Gasteiger partial charge is 0.384 e. The van der Waals surface area contributed by atoms with Crippen LogP contribution in [0.5, 0.6) is 0 Å². The highest BCUT2D eigenvalue weighted by Crippen LogP contribution is 2.22. The molecule has 1 aliphatic rings. The van der Waals surface area contributed by atoms with E-state index in [0.717, 1.165) is 19.6 Å². The monoisotopic (exact) mass is 204 g/mol. The zero-order valence-electron chi connectivity index (χ0n) is 9.47. The number of hydrogen-bond donors (Lipinski definition) is 2. The molecule has 0 amide bonds. The van der Waals surface area contributed by atoms with E-state index in [4.69, 9.17) is 0 Å². The minimum atomic E-state index is 0.995. The number of benzene rings is 1. The number of nitrogens with one attached hydrogen (secondary N) is 2. The van der Waals surface area contributed by atoms with E-state index in [-0.39, 0.29) is 0 Å². The molecular weight excluding hydrogens is 184 g/mol. The summed E-state index contributed by atoms with van der Waals surface area (Å²) in [6.07, 6.45) is 3.71. The third-order valence-electron chi connectivity index (χ3n) is 2.92. The van der Waals surface area contributed by atoms with Gasteiger partial charge in [-0.3, -0.25) is 0 Å². The Balaban J connectivity index is 1.87. The molecule has 0 aliphatic carbocycles. The second-order valence-electron chi connectivity index (χ2n) is 4.20. The van der Waals surface area contributed by atoms with E-state index in [1.807, 2.05) is 0 Å². The molecule has 1 heterocycles. The van der Waals surface area contributed by atoms with Gasteiger partial charge in [-0.15, -0.1) is 0 Å². The Kier molecular flexibility index (Phi) is 3.62. The van der Waals surface area contributed by atoms with Crippen LogP contribution >= 0.6 is 0 Å². The van der Waals surface area contributed by atoms with E-state index < -0.39 is 0 Å². The summed E-state index contributed by atoms with van der Waals surface area (Å²) in [5.74, 6) is 0. The van der Waals surface area contributed by atoms with Crippen LogP contribution in [0.4, 0.5) is 5.69 Å². The van der Waals surface area contributed by atoms with Crippen molar-refractivity contribution in [3.63, 3.8) is 0 Å². The van der Waals surface area contributed by atoms with E-state index >= 15 is 0 Å². The highest BCUT2D eigenvalue weighted by atomic mass is 14.9. The predicted octanol–water partition coefficient (Wildman–Crippen LogP) is 2.54. The van der Waals surface area contributed by atoms with Gasteiger partial charge in [-0.1, -0.05) is 25.5 Å². The lowest BCUT2D eigenvalue weighted by molar-refractivity contribution is 0.641. The first-order chi connectivity index (χ1) is 7.40. The molecule has 2 N–H and O–H groups in total. The summed E-state index contributed by atoms with van der Waals surface area (Å²) in [5.41, 5.74) is 4.19. The van der Waals surface area contributed by atoms with Crippen molar-refractivity contribution in [3.8, 4) is 0 Å². The molecule has 2 nitrogen and oxygen atoms in total. The third kappa shape index (κ3) is 2.72. The van der Waals surface area contributed by atoms with Gasteiger partial charge in [0.05, 0.1) is 0 Å². The van der Waals surface area contributed by atoms with Gasteiger partial charge in [0.2, 0.25) is 0 Å². The first-order valence-corrected chi connectivity index (χ1v) is 5.96. The fourth-order valence-electron chi connectivity index (χ4n) is 1.98. The van der Waals surface area contributed by atoms with E-state index in [9.17, 15) is 0 Å². The third-order valence-corrected chi connectivity index (χ3v) is 2.92. The highest BCUT2D eigenvalue weighted by molar-refractivity contribution is 5.56. The SMILES string of the molecule is CCCCNCc1ccc2c(c1)NCC2. The lowest BCUT2D eigenvalue weighted by Gasteiger charge is -2.06. The van der Waals surface area contributed by atoms with Crippen LogP contribution in [0.1, 0.15) is 30.9 Å². The van der Waals surface area contributed by atoms with Gasteiger partial charge in [0.1, 0.15) is 0 Å². The lowest BCUT2D eigenvalue weighted by atomic mass is 10.1. The first-order valence-electron chi connectivity index (χ1n) is 5.96. The van der Waals surface area contributed by atoms with Crippen LogP contribution in [0, 0.1) is 0 Å². The van der Waals surface area contributed by atoms with Gasteiger partial charge in [-0.2, -0.15) is 0 Å². The van der Waals surface area contributed by atoms with Crippen LogP contribution in [0.15, 0.2) is 18.2 Å². The fraction of sp³-hybridized carbons (Fsp3) is 0.538. The number of rotatable bonds is 5. The smallest absolute Gasteiger partial charge is 0.0376 e. The molecule has 1 aromatic rings. The Hall–Kier alpha value is -1.02. The standard InChI is InChI=1S/C13H20N2/c1-2-3-7-14-10-11-4-5-12-6-8-15-13(12)9-11/h4-5,9,14-15H,2-3,6-8,10H2,1H3. The molecule has 0 spiro atoms. The van der Waals surface area contributed by atoms with Crippen molar-refractivity contribution in [3.05, 3.63) is 29.3 Å². The molecule has 0 fully saturated rings. The van der Waals surface area contributed by atoms with E-state index in [1.54, 1.807) is 0 Å².